The number of imidazole rings is 1. The molecule has 3 aromatic rings. The summed E-state index contributed by atoms with van der Waals surface area (Å²) in [6.07, 6.45) is 0.866. The van der Waals surface area contributed by atoms with Gasteiger partial charge in [0.15, 0.2) is 16.3 Å². The van der Waals surface area contributed by atoms with Gasteiger partial charge < -0.3 is 9.88 Å². The Morgan fingerprint density at radius 3 is 2.48 bits per heavy atom. The first-order chi connectivity index (χ1) is 13.8. The van der Waals surface area contributed by atoms with Gasteiger partial charge in [-0.2, -0.15) is 0 Å². The summed E-state index contributed by atoms with van der Waals surface area (Å²) in [7, 11) is 3.33. The third-order valence-corrected chi connectivity index (χ3v) is 5.71. The van der Waals surface area contributed by atoms with Crippen molar-refractivity contribution >= 4 is 28.8 Å². The van der Waals surface area contributed by atoms with Crippen LogP contribution >= 0.6 is 11.8 Å². The van der Waals surface area contributed by atoms with Crippen molar-refractivity contribution in [3.63, 3.8) is 0 Å². The molecule has 0 aliphatic carbocycles. The minimum atomic E-state index is -0.418. The number of thioether (sulfide) groups is 1. The average molecular weight is 416 g/mol. The Bertz CT molecular complexity index is 1160. The Hall–Kier alpha value is -2.81. The Morgan fingerprint density at radius 1 is 1.14 bits per heavy atom. The quantitative estimate of drug-likeness (QED) is 0.589. The largest absolute Gasteiger partial charge is 0.355 e. The van der Waals surface area contributed by atoms with E-state index in [0.29, 0.717) is 22.9 Å². The van der Waals surface area contributed by atoms with Gasteiger partial charge in [0.1, 0.15) is 0 Å². The third kappa shape index (κ3) is 4.29. The van der Waals surface area contributed by atoms with Gasteiger partial charge in [-0.25, -0.2) is 9.78 Å². The maximum atomic E-state index is 13.1. The number of carbonyl (C=O) groups is 1. The lowest BCUT2D eigenvalue weighted by Crippen LogP contribution is -2.39. The summed E-state index contributed by atoms with van der Waals surface area (Å²) >= 11 is 1.24. The summed E-state index contributed by atoms with van der Waals surface area (Å²) in [5.41, 5.74) is 1.84. The molecule has 1 amide bonds. The predicted octanol–water partition coefficient (Wildman–Crippen LogP) is 1.41. The number of aromatic nitrogens is 4. The highest BCUT2D eigenvalue weighted by atomic mass is 32.2. The Kier molecular flexibility index (Phi) is 6.26. The average Bonchev–Trinajstić information content (AvgIpc) is 3.04. The highest BCUT2D eigenvalue weighted by Crippen LogP contribution is 2.20. The molecule has 0 atom stereocenters. The molecule has 1 aromatic carbocycles. The molecule has 0 unspecified atom stereocenters. The van der Waals surface area contributed by atoms with Crippen molar-refractivity contribution in [2.45, 2.75) is 32.0 Å². The van der Waals surface area contributed by atoms with Gasteiger partial charge in [0.25, 0.3) is 5.56 Å². The Morgan fingerprint density at radius 2 is 1.83 bits per heavy atom. The monoisotopic (exact) mass is 415 g/mol. The van der Waals surface area contributed by atoms with Crippen LogP contribution in [-0.2, 0) is 25.4 Å². The van der Waals surface area contributed by atoms with Crippen molar-refractivity contribution in [3.8, 4) is 0 Å². The normalized spacial score (nSPS) is 11.2. The third-order valence-electron chi connectivity index (χ3n) is 4.68. The molecule has 0 bridgehead atoms. The predicted molar refractivity (Wildman–Crippen MR) is 115 cm³/mol. The maximum absolute atomic E-state index is 13.1. The van der Waals surface area contributed by atoms with E-state index in [1.165, 1.54) is 20.9 Å². The first-order valence-electron chi connectivity index (χ1n) is 9.44. The van der Waals surface area contributed by atoms with E-state index < -0.39 is 5.69 Å². The zero-order valence-electron chi connectivity index (χ0n) is 17.1. The molecule has 2 aromatic heterocycles. The van der Waals surface area contributed by atoms with Crippen LogP contribution in [0.5, 0.6) is 0 Å². The number of rotatable bonds is 7. The summed E-state index contributed by atoms with van der Waals surface area (Å²) in [5.74, 6) is 0.109. The molecule has 0 spiro atoms. The van der Waals surface area contributed by atoms with Crippen LogP contribution in [0.2, 0.25) is 0 Å². The molecular formula is C20H25N5O3S. The second-order valence-electron chi connectivity index (χ2n) is 6.98. The second-order valence-corrected chi connectivity index (χ2v) is 7.93. The lowest BCUT2D eigenvalue weighted by atomic mass is 10.1. The Balaban J connectivity index is 1.98. The smallest absolute Gasteiger partial charge is 0.332 e. The molecule has 0 saturated heterocycles. The van der Waals surface area contributed by atoms with Crippen molar-refractivity contribution in [2.75, 3.05) is 12.3 Å². The fraction of sp³-hybridized carbons (Fsp3) is 0.400. The van der Waals surface area contributed by atoms with E-state index in [1.54, 1.807) is 18.7 Å². The number of fused-ring (bicyclic) bond motifs is 1. The number of aryl methyl sites for hydroxylation is 3. The molecule has 0 radical (unpaired) electrons. The van der Waals surface area contributed by atoms with E-state index in [2.05, 4.69) is 10.3 Å². The number of carbonyl (C=O) groups excluding carboxylic acids is 1. The zero-order valence-corrected chi connectivity index (χ0v) is 17.9. The van der Waals surface area contributed by atoms with Gasteiger partial charge in [0.05, 0.1) is 12.3 Å². The van der Waals surface area contributed by atoms with Crippen LogP contribution in [-0.4, -0.2) is 36.9 Å². The molecule has 29 heavy (non-hydrogen) atoms. The topological polar surface area (TPSA) is 90.9 Å². The first kappa shape index (κ1) is 20.9. The number of benzene rings is 1. The molecule has 1 N–H and O–H groups in total. The van der Waals surface area contributed by atoms with E-state index >= 15 is 0 Å². The SMILES string of the molecule is CCCNC(=O)CSc1nc2c(c(=O)n(Cc3ccc(C)cc3)c(=O)n2C)n1C. The summed E-state index contributed by atoms with van der Waals surface area (Å²) < 4.78 is 4.25. The van der Waals surface area contributed by atoms with E-state index in [4.69, 9.17) is 0 Å². The van der Waals surface area contributed by atoms with Gasteiger partial charge in [-0.15, -0.1) is 0 Å². The molecule has 0 saturated carbocycles. The van der Waals surface area contributed by atoms with Gasteiger partial charge in [-0.1, -0.05) is 48.5 Å². The molecular weight excluding hydrogens is 390 g/mol. The van der Waals surface area contributed by atoms with Gasteiger partial charge in [0, 0.05) is 20.6 Å². The molecule has 2 heterocycles. The lowest BCUT2D eigenvalue weighted by Gasteiger charge is -2.09. The van der Waals surface area contributed by atoms with Crippen molar-refractivity contribution < 1.29 is 4.79 Å². The highest BCUT2D eigenvalue weighted by Gasteiger charge is 2.19. The minimum absolute atomic E-state index is 0.0884. The van der Waals surface area contributed by atoms with Gasteiger partial charge in [-0.3, -0.25) is 18.7 Å². The molecule has 9 heteroatoms. The minimum Gasteiger partial charge on any atom is -0.355 e. The molecule has 3 rings (SSSR count). The fourth-order valence-electron chi connectivity index (χ4n) is 3.01. The van der Waals surface area contributed by atoms with Crippen molar-refractivity contribution in [2.24, 2.45) is 14.1 Å². The molecule has 154 valence electrons. The van der Waals surface area contributed by atoms with Crippen molar-refractivity contribution in [1.82, 2.24) is 24.0 Å². The standard InChI is InChI=1S/C20H25N5O3S/c1-5-10-21-15(26)12-29-19-22-17-16(23(19)3)18(27)25(20(28)24(17)4)11-14-8-6-13(2)7-9-14/h6-9H,5,10-12H2,1-4H3,(H,21,26). The summed E-state index contributed by atoms with van der Waals surface area (Å²) in [5, 5.41) is 3.33. The molecule has 0 fully saturated rings. The molecule has 8 nitrogen and oxygen atoms in total. The number of hydrogen-bond acceptors (Lipinski definition) is 5. The number of amides is 1. The summed E-state index contributed by atoms with van der Waals surface area (Å²) in [6, 6.07) is 7.72. The van der Waals surface area contributed by atoms with Crippen molar-refractivity contribution in [1.29, 1.82) is 0 Å². The van der Waals surface area contributed by atoms with Crippen LogP contribution in [0.15, 0.2) is 39.0 Å². The van der Waals surface area contributed by atoms with E-state index in [1.807, 2.05) is 38.1 Å². The summed E-state index contributed by atoms with van der Waals surface area (Å²) in [4.78, 5) is 42.2. The van der Waals surface area contributed by atoms with Gasteiger partial charge >= 0.3 is 5.69 Å². The highest BCUT2D eigenvalue weighted by molar-refractivity contribution is 7.99. The second kappa shape index (κ2) is 8.69. The van der Waals surface area contributed by atoms with Crippen LogP contribution in [0.4, 0.5) is 0 Å². The van der Waals surface area contributed by atoms with E-state index in [0.717, 1.165) is 17.5 Å². The zero-order chi connectivity index (χ0) is 21.1. The molecule has 0 aliphatic heterocycles. The van der Waals surface area contributed by atoms with E-state index in [-0.39, 0.29) is 23.8 Å². The lowest BCUT2D eigenvalue weighted by molar-refractivity contribution is -0.118. The number of hydrogen-bond donors (Lipinski definition) is 1. The van der Waals surface area contributed by atoms with Crippen LogP contribution in [0.1, 0.15) is 24.5 Å². The fourth-order valence-corrected chi connectivity index (χ4v) is 3.81. The van der Waals surface area contributed by atoms with E-state index in [9.17, 15) is 14.4 Å². The Labute approximate surface area is 172 Å². The van der Waals surface area contributed by atoms with Gasteiger partial charge in [-0.05, 0) is 18.9 Å². The van der Waals surface area contributed by atoms with Crippen LogP contribution in [0, 0.1) is 6.92 Å². The van der Waals surface area contributed by atoms with Crippen LogP contribution in [0.3, 0.4) is 0 Å². The van der Waals surface area contributed by atoms with Gasteiger partial charge in [0.2, 0.25) is 5.91 Å². The van der Waals surface area contributed by atoms with Crippen molar-refractivity contribution in [3.05, 3.63) is 56.2 Å². The molecule has 0 aliphatic rings. The maximum Gasteiger partial charge on any atom is 0.332 e. The first-order valence-corrected chi connectivity index (χ1v) is 10.4. The number of nitrogens with zero attached hydrogens (tertiary/aromatic N) is 4. The van der Waals surface area contributed by atoms with Crippen LogP contribution in [0.25, 0.3) is 11.2 Å². The number of nitrogens with one attached hydrogen (secondary N) is 1. The summed E-state index contributed by atoms with van der Waals surface area (Å²) in [6.45, 7) is 4.79. The van der Waals surface area contributed by atoms with Crippen LogP contribution < -0.4 is 16.6 Å².